The second kappa shape index (κ2) is 4.56. The van der Waals surface area contributed by atoms with Gasteiger partial charge in [-0.2, -0.15) is 0 Å². The number of ketones is 1. The van der Waals surface area contributed by atoms with Gasteiger partial charge in [0.05, 0.1) is 20.5 Å². The van der Waals surface area contributed by atoms with Crippen LogP contribution in [-0.4, -0.2) is 43.8 Å². The van der Waals surface area contributed by atoms with E-state index < -0.39 is 41.1 Å². The number of Topliss-reactive ketones (excluding diaryl/α,β-unsaturated/α-hetero) is 1. The first kappa shape index (κ1) is 14.7. The van der Waals surface area contributed by atoms with Gasteiger partial charge in [-0.15, -0.1) is 0 Å². The molecule has 2 saturated carbocycles. The van der Waals surface area contributed by atoms with Crippen LogP contribution in [-0.2, 0) is 33.3 Å². The molecular formula is C16H18O7. The summed E-state index contributed by atoms with van der Waals surface area (Å²) in [5.41, 5.74) is -1.77. The van der Waals surface area contributed by atoms with E-state index in [1.807, 2.05) is 0 Å². The van der Waals surface area contributed by atoms with Gasteiger partial charge in [0.1, 0.15) is 17.1 Å². The van der Waals surface area contributed by atoms with Gasteiger partial charge in [0.25, 0.3) is 0 Å². The lowest BCUT2D eigenvalue weighted by atomic mass is 9.61. The third-order valence-corrected chi connectivity index (χ3v) is 5.87. The van der Waals surface area contributed by atoms with Crippen molar-refractivity contribution in [2.24, 2.45) is 17.3 Å². The maximum Gasteiger partial charge on any atom is 0.316 e. The second-order valence-electron chi connectivity index (χ2n) is 6.54. The molecule has 0 aromatic heterocycles. The van der Waals surface area contributed by atoms with Gasteiger partial charge < -0.3 is 18.9 Å². The van der Waals surface area contributed by atoms with E-state index in [0.717, 1.165) is 0 Å². The number of ether oxygens (including phenoxy) is 4. The Morgan fingerprint density at radius 2 is 2.04 bits per heavy atom. The highest BCUT2D eigenvalue weighted by molar-refractivity contribution is 5.97. The lowest BCUT2D eigenvalue weighted by Crippen LogP contribution is -2.56. The zero-order valence-electron chi connectivity index (χ0n) is 13.0. The van der Waals surface area contributed by atoms with Gasteiger partial charge in [0.2, 0.25) is 6.29 Å². The first-order valence-electron chi connectivity index (χ1n) is 7.74. The molecule has 0 radical (unpaired) electrons. The van der Waals surface area contributed by atoms with Crippen molar-refractivity contribution in [3.63, 3.8) is 0 Å². The number of fused-ring (bicyclic) bond motifs is 1. The maximum atomic E-state index is 12.9. The Kier molecular flexibility index (Phi) is 2.91. The average molecular weight is 322 g/mol. The van der Waals surface area contributed by atoms with Crippen molar-refractivity contribution in [1.82, 2.24) is 0 Å². The van der Waals surface area contributed by atoms with E-state index in [1.165, 1.54) is 20.5 Å². The Balaban J connectivity index is 2.01. The Morgan fingerprint density at radius 3 is 2.74 bits per heavy atom. The van der Waals surface area contributed by atoms with Gasteiger partial charge in [-0.3, -0.25) is 14.4 Å². The van der Waals surface area contributed by atoms with Crippen molar-refractivity contribution in [3.8, 4) is 0 Å². The van der Waals surface area contributed by atoms with Crippen LogP contribution in [0.4, 0.5) is 0 Å². The monoisotopic (exact) mass is 322 g/mol. The zero-order chi connectivity index (χ0) is 16.4. The van der Waals surface area contributed by atoms with Crippen LogP contribution in [0, 0.1) is 17.3 Å². The molecule has 1 saturated heterocycles. The van der Waals surface area contributed by atoms with Crippen molar-refractivity contribution in [2.75, 3.05) is 14.2 Å². The highest BCUT2D eigenvalue weighted by atomic mass is 16.8. The minimum atomic E-state index is -1.39. The van der Waals surface area contributed by atoms with Gasteiger partial charge in [-0.1, -0.05) is 0 Å². The van der Waals surface area contributed by atoms with E-state index in [4.69, 9.17) is 18.9 Å². The number of epoxide rings is 1. The first-order chi connectivity index (χ1) is 11.0. The second-order valence-corrected chi connectivity index (χ2v) is 6.54. The van der Waals surface area contributed by atoms with E-state index >= 15 is 0 Å². The van der Waals surface area contributed by atoms with E-state index in [9.17, 15) is 14.4 Å². The van der Waals surface area contributed by atoms with Crippen molar-refractivity contribution in [3.05, 3.63) is 11.8 Å². The quantitative estimate of drug-likeness (QED) is 0.546. The Morgan fingerprint density at radius 1 is 1.26 bits per heavy atom. The first-order valence-corrected chi connectivity index (χ1v) is 7.74. The van der Waals surface area contributed by atoms with Gasteiger partial charge in [0, 0.05) is 12.3 Å². The fourth-order valence-electron chi connectivity index (χ4n) is 4.92. The van der Waals surface area contributed by atoms with E-state index in [2.05, 4.69) is 0 Å². The van der Waals surface area contributed by atoms with Crippen molar-refractivity contribution in [2.45, 2.75) is 37.6 Å². The van der Waals surface area contributed by atoms with Crippen molar-refractivity contribution < 1.29 is 33.3 Å². The Labute approximate surface area is 132 Å². The lowest BCUT2D eigenvalue weighted by Gasteiger charge is -2.38. The van der Waals surface area contributed by atoms with Gasteiger partial charge >= 0.3 is 11.9 Å². The molecule has 124 valence electrons. The number of carbonyl (C=O) groups excluding carboxylic acids is 3. The smallest absolute Gasteiger partial charge is 0.316 e. The average Bonchev–Trinajstić information content (AvgIpc) is 3.21. The van der Waals surface area contributed by atoms with Crippen LogP contribution in [0.15, 0.2) is 11.8 Å². The molecule has 7 heteroatoms. The van der Waals surface area contributed by atoms with Crippen LogP contribution in [0.25, 0.3) is 0 Å². The fraction of sp³-hybridized carbons (Fsp3) is 0.688. The van der Waals surface area contributed by atoms with Crippen LogP contribution in [0.3, 0.4) is 0 Å². The summed E-state index contributed by atoms with van der Waals surface area (Å²) < 4.78 is 21.4. The van der Waals surface area contributed by atoms with Gasteiger partial charge in [0.15, 0.2) is 5.60 Å². The normalized spacial score (nSPS) is 43.3. The summed E-state index contributed by atoms with van der Waals surface area (Å²) in [6.45, 7) is 0. The summed E-state index contributed by atoms with van der Waals surface area (Å²) in [7, 11) is 2.54. The molecule has 0 aromatic rings. The third kappa shape index (κ3) is 1.51. The number of hydrogen-bond donors (Lipinski definition) is 0. The Bertz CT molecular complexity index is 638. The summed E-state index contributed by atoms with van der Waals surface area (Å²) in [4.78, 5) is 38.2. The Hall–Kier alpha value is -1.89. The summed E-state index contributed by atoms with van der Waals surface area (Å²) in [6.07, 6.45) is 2.46. The minimum absolute atomic E-state index is 0.0271. The molecule has 1 spiro atoms. The predicted octanol–water partition coefficient (Wildman–Crippen LogP) is 0.717. The molecule has 2 aliphatic heterocycles. The SMILES string of the molecule is COC(=O)[C@H]1C2=COC3O[C@@]34CC[C@@H](C(=O)CC2)[C@@]14C(=O)OC. The maximum absolute atomic E-state index is 12.9. The number of rotatable bonds is 2. The van der Waals surface area contributed by atoms with Crippen LogP contribution in [0.2, 0.25) is 0 Å². The molecule has 1 unspecified atom stereocenters. The van der Waals surface area contributed by atoms with Crippen molar-refractivity contribution >= 4 is 17.7 Å². The summed E-state index contributed by atoms with van der Waals surface area (Å²) in [6, 6.07) is 0. The minimum Gasteiger partial charge on any atom is -0.469 e. The molecule has 0 amide bonds. The molecule has 4 aliphatic rings. The van der Waals surface area contributed by atoms with E-state index in [1.54, 1.807) is 0 Å². The largest absolute Gasteiger partial charge is 0.469 e. The van der Waals surface area contributed by atoms with Gasteiger partial charge in [-0.05, 0) is 24.8 Å². The molecule has 7 nitrogen and oxygen atoms in total. The van der Waals surface area contributed by atoms with E-state index in [-0.39, 0.29) is 12.2 Å². The fourth-order valence-corrected chi connectivity index (χ4v) is 4.92. The molecule has 0 aromatic carbocycles. The zero-order valence-corrected chi connectivity index (χ0v) is 13.0. The van der Waals surface area contributed by atoms with E-state index in [0.29, 0.717) is 24.8 Å². The van der Waals surface area contributed by atoms with Crippen LogP contribution >= 0.6 is 0 Å². The lowest BCUT2D eigenvalue weighted by molar-refractivity contribution is -0.173. The molecule has 2 aliphatic carbocycles. The highest BCUT2D eigenvalue weighted by Gasteiger charge is 2.85. The van der Waals surface area contributed by atoms with Crippen LogP contribution in [0.1, 0.15) is 25.7 Å². The molecule has 2 bridgehead atoms. The molecule has 0 N–H and O–H groups in total. The molecular weight excluding hydrogens is 304 g/mol. The topological polar surface area (TPSA) is 91.4 Å². The van der Waals surface area contributed by atoms with Crippen molar-refractivity contribution in [1.29, 1.82) is 0 Å². The molecule has 5 atom stereocenters. The number of esters is 2. The molecule has 3 fully saturated rings. The highest BCUT2D eigenvalue weighted by Crippen LogP contribution is 2.70. The van der Waals surface area contributed by atoms with Crippen LogP contribution < -0.4 is 0 Å². The number of methoxy groups -OCH3 is 2. The molecule has 4 rings (SSSR count). The summed E-state index contributed by atoms with van der Waals surface area (Å²) >= 11 is 0. The summed E-state index contributed by atoms with van der Waals surface area (Å²) in [5.74, 6) is -2.70. The number of hydrogen-bond acceptors (Lipinski definition) is 7. The molecule has 23 heavy (non-hydrogen) atoms. The summed E-state index contributed by atoms with van der Waals surface area (Å²) in [5, 5.41) is 0. The van der Waals surface area contributed by atoms with Crippen LogP contribution in [0.5, 0.6) is 0 Å². The standard InChI is InChI=1S/C16H18O7/c1-20-12(18)11-8-3-4-10(17)9-5-6-15(14(23-15)22-7-8)16(9,11)13(19)21-2/h7,9,11,14H,3-6H2,1-2H3/t9-,11+,14?,15-,16-/m0/s1. The predicted molar refractivity (Wildman–Crippen MR) is 73.7 cm³/mol. The third-order valence-electron chi connectivity index (χ3n) is 5.87. The molecule has 2 heterocycles. The van der Waals surface area contributed by atoms with Gasteiger partial charge in [-0.25, -0.2) is 0 Å². The number of carbonyl (C=O) groups is 3.